The molecule has 146 valence electrons. The van der Waals surface area contributed by atoms with Gasteiger partial charge in [-0.2, -0.15) is 0 Å². The highest BCUT2D eigenvalue weighted by molar-refractivity contribution is 5.93. The number of hydrogen-bond donors (Lipinski definition) is 0. The van der Waals surface area contributed by atoms with Crippen molar-refractivity contribution in [3.63, 3.8) is 0 Å². The maximum Gasteiger partial charge on any atom is 0.254 e. The standard InChI is InChI=1S/C19H29N7O/c1-23(2)13-17-21-22-18(25(17)5)15-7-6-10-26(12-15)16-9-8-14(11-20-16)19(27)24(3)4/h8-9,11,15H,6-7,10,12-13H2,1-5H3/t15-/m0/s1. The van der Waals surface area contributed by atoms with Crippen molar-refractivity contribution < 1.29 is 4.79 Å². The van der Waals surface area contributed by atoms with E-state index in [9.17, 15) is 4.79 Å². The van der Waals surface area contributed by atoms with Crippen LogP contribution in [0.5, 0.6) is 0 Å². The lowest BCUT2D eigenvalue weighted by atomic mass is 9.97. The lowest BCUT2D eigenvalue weighted by Crippen LogP contribution is -2.36. The highest BCUT2D eigenvalue weighted by atomic mass is 16.2. The molecule has 0 unspecified atom stereocenters. The van der Waals surface area contributed by atoms with Crippen molar-refractivity contribution in [2.75, 3.05) is 46.2 Å². The number of aromatic nitrogens is 4. The molecule has 2 aromatic rings. The first-order valence-electron chi connectivity index (χ1n) is 9.32. The Morgan fingerprint density at radius 3 is 2.63 bits per heavy atom. The maximum atomic E-state index is 12.0. The van der Waals surface area contributed by atoms with E-state index in [0.717, 1.165) is 49.9 Å². The summed E-state index contributed by atoms with van der Waals surface area (Å²) in [6.07, 6.45) is 3.85. The monoisotopic (exact) mass is 371 g/mol. The van der Waals surface area contributed by atoms with Crippen LogP contribution in [0.15, 0.2) is 18.3 Å². The summed E-state index contributed by atoms with van der Waals surface area (Å²) < 4.78 is 2.13. The normalized spacial score (nSPS) is 17.4. The molecule has 3 heterocycles. The van der Waals surface area contributed by atoms with E-state index in [1.807, 2.05) is 33.3 Å². The molecule has 1 amide bonds. The van der Waals surface area contributed by atoms with Crippen LogP contribution in [-0.4, -0.2) is 76.7 Å². The quantitative estimate of drug-likeness (QED) is 0.790. The van der Waals surface area contributed by atoms with Crippen molar-refractivity contribution in [1.82, 2.24) is 29.5 Å². The van der Waals surface area contributed by atoms with E-state index in [4.69, 9.17) is 0 Å². The Labute approximate surface area is 160 Å². The second-order valence-electron chi connectivity index (χ2n) is 7.66. The maximum absolute atomic E-state index is 12.0. The van der Waals surface area contributed by atoms with Crippen LogP contribution >= 0.6 is 0 Å². The molecule has 27 heavy (non-hydrogen) atoms. The Balaban J connectivity index is 1.73. The predicted octanol–water partition coefficient (Wildman–Crippen LogP) is 1.36. The molecule has 0 spiro atoms. The molecule has 2 aromatic heterocycles. The van der Waals surface area contributed by atoms with E-state index in [-0.39, 0.29) is 5.91 Å². The Kier molecular flexibility index (Phi) is 5.74. The van der Waals surface area contributed by atoms with Gasteiger partial charge in [0, 0.05) is 46.3 Å². The van der Waals surface area contributed by atoms with Gasteiger partial charge in [0.1, 0.15) is 17.5 Å². The third-order valence-corrected chi connectivity index (χ3v) is 4.97. The fourth-order valence-corrected chi connectivity index (χ4v) is 3.51. The van der Waals surface area contributed by atoms with Crippen LogP contribution in [0.25, 0.3) is 0 Å². The van der Waals surface area contributed by atoms with Crippen LogP contribution in [0.1, 0.15) is 40.8 Å². The van der Waals surface area contributed by atoms with Crippen LogP contribution < -0.4 is 4.90 Å². The fraction of sp³-hybridized carbons (Fsp3) is 0.579. The van der Waals surface area contributed by atoms with Gasteiger partial charge < -0.3 is 19.3 Å². The van der Waals surface area contributed by atoms with E-state index in [1.165, 1.54) is 0 Å². The molecule has 0 radical (unpaired) electrons. The molecule has 1 fully saturated rings. The molecule has 0 bridgehead atoms. The van der Waals surface area contributed by atoms with Crippen molar-refractivity contribution >= 4 is 11.7 Å². The van der Waals surface area contributed by atoms with Gasteiger partial charge in [0.15, 0.2) is 0 Å². The zero-order valence-electron chi connectivity index (χ0n) is 16.9. The van der Waals surface area contributed by atoms with E-state index in [1.54, 1.807) is 25.2 Å². The topological polar surface area (TPSA) is 70.4 Å². The van der Waals surface area contributed by atoms with Crippen LogP contribution in [0.2, 0.25) is 0 Å². The van der Waals surface area contributed by atoms with Crippen molar-refractivity contribution in [3.05, 3.63) is 35.5 Å². The molecule has 8 nitrogen and oxygen atoms in total. The van der Waals surface area contributed by atoms with Crippen molar-refractivity contribution in [1.29, 1.82) is 0 Å². The number of carbonyl (C=O) groups excluding carboxylic acids is 1. The zero-order chi connectivity index (χ0) is 19.6. The van der Waals surface area contributed by atoms with E-state index in [2.05, 4.69) is 29.5 Å². The molecule has 8 heteroatoms. The number of pyridine rings is 1. The lowest BCUT2D eigenvalue weighted by Gasteiger charge is -2.33. The van der Waals surface area contributed by atoms with Crippen molar-refractivity contribution in [3.8, 4) is 0 Å². The first kappa shape index (κ1) is 19.3. The Morgan fingerprint density at radius 2 is 2.00 bits per heavy atom. The minimum Gasteiger partial charge on any atom is -0.356 e. The first-order chi connectivity index (χ1) is 12.9. The molecular formula is C19H29N7O. The second-order valence-corrected chi connectivity index (χ2v) is 7.66. The van der Waals surface area contributed by atoms with Gasteiger partial charge in [0.05, 0.1) is 12.1 Å². The van der Waals surface area contributed by atoms with E-state index >= 15 is 0 Å². The highest BCUT2D eigenvalue weighted by Gasteiger charge is 2.26. The van der Waals surface area contributed by atoms with Gasteiger partial charge in [0.25, 0.3) is 5.91 Å². The lowest BCUT2D eigenvalue weighted by molar-refractivity contribution is 0.0827. The highest BCUT2D eigenvalue weighted by Crippen LogP contribution is 2.28. The minimum absolute atomic E-state index is 0.0296. The van der Waals surface area contributed by atoms with E-state index < -0.39 is 0 Å². The Hall–Kier alpha value is -2.48. The number of carbonyl (C=O) groups is 1. The average Bonchev–Trinajstić information content (AvgIpc) is 3.01. The molecule has 1 aliphatic heterocycles. The van der Waals surface area contributed by atoms with Gasteiger partial charge >= 0.3 is 0 Å². The number of rotatable bonds is 5. The zero-order valence-corrected chi connectivity index (χ0v) is 16.9. The Bertz CT molecular complexity index is 782. The molecule has 1 atom stereocenters. The minimum atomic E-state index is -0.0296. The van der Waals surface area contributed by atoms with E-state index in [0.29, 0.717) is 11.5 Å². The third-order valence-electron chi connectivity index (χ3n) is 4.97. The first-order valence-corrected chi connectivity index (χ1v) is 9.32. The number of piperidine rings is 1. The van der Waals surface area contributed by atoms with Gasteiger partial charge in [-0.3, -0.25) is 4.79 Å². The number of amides is 1. The largest absolute Gasteiger partial charge is 0.356 e. The second kappa shape index (κ2) is 8.04. The molecule has 0 aromatic carbocycles. The summed E-state index contributed by atoms with van der Waals surface area (Å²) in [5, 5.41) is 8.84. The molecule has 1 aliphatic rings. The molecular weight excluding hydrogens is 342 g/mol. The summed E-state index contributed by atoms with van der Waals surface area (Å²) >= 11 is 0. The van der Waals surface area contributed by atoms with Gasteiger partial charge in [-0.1, -0.05) is 0 Å². The smallest absolute Gasteiger partial charge is 0.254 e. The summed E-state index contributed by atoms with van der Waals surface area (Å²) in [6.45, 7) is 2.61. The average molecular weight is 371 g/mol. The molecule has 0 aliphatic carbocycles. The summed E-state index contributed by atoms with van der Waals surface area (Å²) in [7, 11) is 9.61. The summed E-state index contributed by atoms with van der Waals surface area (Å²) in [6, 6.07) is 3.79. The van der Waals surface area contributed by atoms with Crippen molar-refractivity contribution in [2.24, 2.45) is 7.05 Å². The molecule has 0 saturated carbocycles. The number of hydrogen-bond acceptors (Lipinski definition) is 6. The number of anilines is 1. The molecule has 1 saturated heterocycles. The summed E-state index contributed by atoms with van der Waals surface area (Å²) in [5.74, 6) is 3.23. The van der Waals surface area contributed by atoms with Crippen LogP contribution in [-0.2, 0) is 13.6 Å². The number of nitrogens with zero attached hydrogens (tertiary/aromatic N) is 7. The third kappa shape index (κ3) is 4.27. The van der Waals surface area contributed by atoms with Crippen molar-refractivity contribution in [2.45, 2.75) is 25.3 Å². The van der Waals surface area contributed by atoms with Gasteiger partial charge in [-0.25, -0.2) is 4.98 Å². The van der Waals surface area contributed by atoms with Gasteiger partial charge in [-0.15, -0.1) is 10.2 Å². The Morgan fingerprint density at radius 1 is 1.22 bits per heavy atom. The molecule has 3 rings (SSSR count). The van der Waals surface area contributed by atoms with Crippen LogP contribution in [0.3, 0.4) is 0 Å². The fourth-order valence-electron chi connectivity index (χ4n) is 3.51. The van der Waals surface area contributed by atoms with Crippen LogP contribution in [0.4, 0.5) is 5.82 Å². The predicted molar refractivity (Wildman–Crippen MR) is 105 cm³/mol. The van der Waals surface area contributed by atoms with Crippen LogP contribution in [0, 0.1) is 0 Å². The van der Waals surface area contributed by atoms with Gasteiger partial charge in [0.2, 0.25) is 0 Å². The van der Waals surface area contributed by atoms with Gasteiger partial charge in [-0.05, 0) is 39.1 Å². The SMILES string of the molecule is CN(C)Cc1nnc([C@H]2CCCN(c3ccc(C(=O)N(C)C)cn3)C2)n1C. The summed E-state index contributed by atoms with van der Waals surface area (Å²) in [5.41, 5.74) is 0.610. The molecule has 0 N–H and O–H groups in total. The summed E-state index contributed by atoms with van der Waals surface area (Å²) in [4.78, 5) is 22.5.